The van der Waals surface area contributed by atoms with Crippen molar-refractivity contribution in [3.05, 3.63) is 61.8 Å². The highest BCUT2D eigenvalue weighted by molar-refractivity contribution is 9.11. The van der Waals surface area contributed by atoms with E-state index in [-0.39, 0.29) is 11.4 Å². The smallest absolute Gasteiger partial charge is 0.272 e. The zero-order valence-corrected chi connectivity index (χ0v) is 16.0. The predicted molar refractivity (Wildman–Crippen MR) is 102 cm³/mol. The van der Waals surface area contributed by atoms with E-state index in [4.69, 9.17) is 11.6 Å². The third-order valence-electron chi connectivity index (χ3n) is 3.28. The van der Waals surface area contributed by atoms with Crippen LogP contribution in [0.2, 0.25) is 0 Å². The van der Waals surface area contributed by atoms with Crippen molar-refractivity contribution in [3.8, 4) is 11.4 Å². The fraction of sp³-hybridized carbons (Fsp3) is 0.0625. The Kier molecular flexibility index (Phi) is 5.03. The van der Waals surface area contributed by atoms with Gasteiger partial charge in [-0.2, -0.15) is 4.68 Å². The lowest BCUT2D eigenvalue weighted by molar-refractivity contribution is -0.114. The number of benzene rings is 2. The molecule has 8 heteroatoms. The Bertz CT molecular complexity index is 990. The van der Waals surface area contributed by atoms with Gasteiger partial charge < -0.3 is 0 Å². The number of carbonyl (C=O) groups excluding carboxylic acids is 1. The summed E-state index contributed by atoms with van der Waals surface area (Å²) < 4.78 is 2.53. The van der Waals surface area contributed by atoms with Crippen molar-refractivity contribution in [2.45, 2.75) is 0 Å². The molecule has 0 saturated heterocycles. The van der Waals surface area contributed by atoms with E-state index in [1.807, 2.05) is 36.4 Å². The number of nitrogens with one attached hydrogen (secondary N) is 1. The molecule has 0 atom stereocenters. The monoisotopic (exact) mass is 469 g/mol. The van der Waals surface area contributed by atoms with Crippen LogP contribution in [0.25, 0.3) is 22.3 Å². The molecule has 0 aliphatic rings. The Balaban J connectivity index is 2.38. The van der Waals surface area contributed by atoms with Crippen LogP contribution >= 0.6 is 43.5 Å². The van der Waals surface area contributed by atoms with Crippen LogP contribution in [-0.4, -0.2) is 21.4 Å². The van der Waals surface area contributed by atoms with E-state index >= 15 is 0 Å². The molecule has 1 heterocycles. The van der Waals surface area contributed by atoms with Crippen LogP contribution in [0, 0.1) is 0 Å². The standard InChI is InChI=1S/C16H10Br2ClN3O2/c17-10-6-11-14(12(18)7-10)20-15(9-4-2-1-3-5-9)22(16(11)24)21-13(23)8-19/h1-7H,8H2,(H,21,23). The lowest BCUT2D eigenvalue weighted by Gasteiger charge is -2.14. The van der Waals surface area contributed by atoms with E-state index in [1.54, 1.807) is 6.07 Å². The zero-order chi connectivity index (χ0) is 17.3. The highest BCUT2D eigenvalue weighted by Gasteiger charge is 2.16. The maximum Gasteiger partial charge on any atom is 0.280 e. The van der Waals surface area contributed by atoms with Crippen molar-refractivity contribution in [2.24, 2.45) is 0 Å². The summed E-state index contributed by atoms with van der Waals surface area (Å²) in [7, 11) is 0. The number of fused-ring (bicyclic) bond motifs is 1. The van der Waals surface area contributed by atoms with E-state index in [0.717, 1.165) is 9.15 Å². The second-order valence-electron chi connectivity index (χ2n) is 4.89. The first-order valence-electron chi connectivity index (χ1n) is 6.84. The molecule has 1 N–H and O–H groups in total. The van der Waals surface area contributed by atoms with Crippen molar-refractivity contribution >= 4 is 60.3 Å². The van der Waals surface area contributed by atoms with Gasteiger partial charge in [0.15, 0.2) is 5.82 Å². The molecule has 0 aliphatic carbocycles. The molecule has 2 aromatic carbocycles. The van der Waals surface area contributed by atoms with E-state index < -0.39 is 5.91 Å². The van der Waals surface area contributed by atoms with Gasteiger partial charge in [0.05, 0.1) is 10.9 Å². The van der Waals surface area contributed by atoms with Gasteiger partial charge in [-0.1, -0.05) is 46.3 Å². The van der Waals surface area contributed by atoms with Crippen molar-refractivity contribution in [2.75, 3.05) is 11.3 Å². The minimum Gasteiger partial charge on any atom is -0.272 e. The highest BCUT2D eigenvalue weighted by Crippen LogP contribution is 2.27. The fourth-order valence-electron chi connectivity index (χ4n) is 2.25. The van der Waals surface area contributed by atoms with Gasteiger partial charge in [0.2, 0.25) is 0 Å². The van der Waals surface area contributed by atoms with Gasteiger partial charge in [0.25, 0.3) is 11.5 Å². The van der Waals surface area contributed by atoms with Crippen LogP contribution < -0.4 is 11.0 Å². The Morgan fingerprint density at radius 3 is 2.58 bits per heavy atom. The number of rotatable bonds is 3. The van der Waals surface area contributed by atoms with Gasteiger partial charge in [-0.3, -0.25) is 15.0 Å². The lowest BCUT2D eigenvalue weighted by atomic mass is 10.2. The van der Waals surface area contributed by atoms with Crippen LogP contribution in [0.3, 0.4) is 0 Å². The number of halogens is 3. The Morgan fingerprint density at radius 2 is 1.92 bits per heavy atom. The second kappa shape index (κ2) is 7.04. The lowest BCUT2D eigenvalue weighted by Crippen LogP contribution is -2.35. The molecule has 1 amide bonds. The molecule has 0 aliphatic heterocycles. The zero-order valence-electron chi connectivity index (χ0n) is 12.1. The summed E-state index contributed by atoms with van der Waals surface area (Å²) in [5.41, 5.74) is 3.32. The normalized spacial score (nSPS) is 10.8. The maximum atomic E-state index is 12.9. The van der Waals surface area contributed by atoms with Crippen LogP contribution in [0.5, 0.6) is 0 Å². The van der Waals surface area contributed by atoms with E-state index in [0.29, 0.717) is 26.8 Å². The van der Waals surface area contributed by atoms with Crippen molar-refractivity contribution in [1.82, 2.24) is 9.66 Å². The molecule has 24 heavy (non-hydrogen) atoms. The fourth-order valence-corrected chi connectivity index (χ4v) is 3.63. The van der Waals surface area contributed by atoms with Gasteiger partial charge in [-0.15, -0.1) is 11.6 Å². The van der Waals surface area contributed by atoms with Crippen LogP contribution in [0.1, 0.15) is 0 Å². The first-order valence-corrected chi connectivity index (χ1v) is 8.96. The Morgan fingerprint density at radius 1 is 1.21 bits per heavy atom. The van der Waals surface area contributed by atoms with Crippen LogP contribution in [0.15, 0.2) is 56.2 Å². The van der Waals surface area contributed by atoms with E-state index in [9.17, 15) is 9.59 Å². The number of carbonyl (C=O) groups is 1. The van der Waals surface area contributed by atoms with Crippen molar-refractivity contribution in [1.29, 1.82) is 0 Å². The minimum absolute atomic E-state index is 0.263. The van der Waals surface area contributed by atoms with Crippen LogP contribution in [-0.2, 0) is 4.79 Å². The summed E-state index contributed by atoms with van der Waals surface area (Å²) in [5.74, 6) is -0.429. The number of aromatic nitrogens is 2. The summed E-state index contributed by atoms with van der Waals surface area (Å²) in [6.45, 7) is 0. The number of alkyl halides is 1. The first-order chi connectivity index (χ1) is 11.5. The Labute approximate surface area is 158 Å². The third kappa shape index (κ3) is 3.24. The average Bonchev–Trinajstić information content (AvgIpc) is 2.58. The van der Waals surface area contributed by atoms with E-state index in [2.05, 4.69) is 42.3 Å². The molecule has 1 aromatic heterocycles. The highest BCUT2D eigenvalue weighted by atomic mass is 79.9. The number of amides is 1. The third-order valence-corrected chi connectivity index (χ3v) is 4.59. The Hall–Kier alpha value is -1.70. The molecule has 3 aromatic rings. The topological polar surface area (TPSA) is 64.0 Å². The summed E-state index contributed by atoms with van der Waals surface area (Å²) in [6.07, 6.45) is 0. The molecular formula is C16H10Br2ClN3O2. The molecule has 0 spiro atoms. The molecule has 0 unspecified atom stereocenters. The number of nitrogens with zero attached hydrogens (tertiary/aromatic N) is 2. The van der Waals surface area contributed by atoms with Gasteiger partial charge >= 0.3 is 0 Å². The largest absolute Gasteiger partial charge is 0.280 e. The molecule has 122 valence electrons. The molecule has 0 radical (unpaired) electrons. The molecule has 3 rings (SSSR count). The van der Waals surface area contributed by atoms with Crippen molar-refractivity contribution in [3.63, 3.8) is 0 Å². The summed E-state index contributed by atoms with van der Waals surface area (Å²) >= 11 is 12.3. The van der Waals surface area contributed by atoms with E-state index in [1.165, 1.54) is 0 Å². The molecule has 0 bridgehead atoms. The summed E-state index contributed by atoms with van der Waals surface area (Å²) in [6, 6.07) is 12.6. The molecule has 0 fully saturated rings. The van der Waals surface area contributed by atoms with Gasteiger partial charge in [0.1, 0.15) is 5.88 Å². The minimum atomic E-state index is -0.494. The van der Waals surface area contributed by atoms with Gasteiger partial charge in [-0.25, -0.2) is 4.98 Å². The average molecular weight is 472 g/mol. The summed E-state index contributed by atoms with van der Waals surface area (Å²) in [5, 5.41) is 0.366. The quantitative estimate of drug-likeness (QED) is 0.590. The van der Waals surface area contributed by atoms with Gasteiger partial charge in [-0.05, 0) is 28.1 Å². The van der Waals surface area contributed by atoms with Crippen molar-refractivity contribution < 1.29 is 4.79 Å². The number of hydrogen-bond donors (Lipinski definition) is 1. The van der Waals surface area contributed by atoms with Gasteiger partial charge in [0, 0.05) is 14.5 Å². The van der Waals surface area contributed by atoms with Crippen LogP contribution in [0.4, 0.5) is 0 Å². The number of hydrogen-bond acceptors (Lipinski definition) is 3. The molecule has 0 saturated carbocycles. The molecule has 5 nitrogen and oxygen atoms in total. The molecular weight excluding hydrogens is 461 g/mol. The predicted octanol–water partition coefficient (Wildman–Crippen LogP) is 3.90. The first kappa shape index (κ1) is 17.1. The maximum absolute atomic E-state index is 12.9. The summed E-state index contributed by atoms with van der Waals surface area (Å²) in [4.78, 5) is 29.2. The SMILES string of the molecule is O=C(CCl)Nn1c(-c2ccccc2)nc2c(Br)cc(Br)cc2c1=O. The second-order valence-corrected chi connectivity index (χ2v) is 6.93.